The van der Waals surface area contributed by atoms with Crippen molar-refractivity contribution < 1.29 is 14.0 Å². The molecule has 0 unspecified atom stereocenters. The van der Waals surface area contributed by atoms with Crippen LogP contribution in [0.1, 0.15) is 17.0 Å². The van der Waals surface area contributed by atoms with Crippen molar-refractivity contribution in [3.8, 4) is 0 Å². The second-order valence-corrected chi connectivity index (χ2v) is 4.43. The predicted octanol–water partition coefficient (Wildman–Crippen LogP) is -1.57. The van der Waals surface area contributed by atoms with Crippen molar-refractivity contribution >= 4 is 11.8 Å². The molecule has 1 aromatic heterocycles. The van der Waals surface area contributed by atoms with Crippen molar-refractivity contribution in [3.63, 3.8) is 0 Å². The molecule has 0 radical (unpaired) electrons. The van der Waals surface area contributed by atoms with Gasteiger partial charge in [0.2, 0.25) is 11.7 Å². The quantitative estimate of drug-likeness (QED) is 0.597. The minimum Gasteiger partial charge on any atom is -0.369 e. The Morgan fingerprint density at radius 3 is 3.05 bits per heavy atom. The maximum Gasteiger partial charge on any atom is 0.288 e. The molecule has 2 heterocycles. The zero-order valence-corrected chi connectivity index (χ0v) is 10.2. The molecule has 104 valence electrons. The van der Waals surface area contributed by atoms with Crippen LogP contribution in [-0.2, 0) is 4.79 Å². The van der Waals surface area contributed by atoms with Gasteiger partial charge < -0.3 is 11.1 Å². The number of H-pyrrole nitrogens is 1. The standard InChI is InChI=1S/C10H15FN6O2/c11-6-1-7(17(3-6)4-8(12)18)2-13-10(19)9-14-5-15-16-9/h5-7H,1-4H2,(H2,12,18)(H,13,19)(H,14,15,16)/t6-,7-/m0/s1. The molecule has 1 aromatic rings. The fourth-order valence-electron chi connectivity index (χ4n) is 2.14. The summed E-state index contributed by atoms with van der Waals surface area (Å²) in [4.78, 5) is 27.8. The Balaban J connectivity index is 1.87. The third-order valence-corrected chi connectivity index (χ3v) is 2.96. The minimum atomic E-state index is -1.01. The van der Waals surface area contributed by atoms with Crippen LogP contribution in [0.15, 0.2) is 6.33 Å². The van der Waals surface area contributed by atoms with Gasteiger partial charge >= 0.3 is 0 Å². The van der Waals surface area contributed by atoms with Crippen LogP contribution in [0.5, 0.6) is 0 Å². The lowest BCUT2D eigenvalue weighted by atomic mass is 10.2. The van der Waals surface area contributed by atoms with E-state index in [4.69, 9.17) is 5.73 Å². The Hall–Kier alpha value is -2.03. The van der Waals surface area contributed by atoms with Gasteiger partial charge in [-0.15, -0.1) is 0 Å². The molecule has 8 nitrogen and oxygen atoms in total. The number of nitrogens with two attached hydrogens (primary N) is 1. The second-order valence-electron chi connectivity index (χ2n) is 4.43. The smallest absolute Gasteiger partial charge is 0.288 e. The lowest BCUT2D eigenvalue weighted by Gasteiger charge is -2.22. The molecule has 0 spiro atoms. The van der Waals surface area contributed by atoms with Crippen LogP contribution in [0, 0.1) is 0 Å². The second kappa shape index (κ2) is 5.74. The molecule has 1 aliphatic rings. The normalized spacial score (nSPS) is 23.4. The zero-order valence-electron chi connectivity index (χ0n) is 10.2. The summed E-state index contributed by atoms with van der Waals surface area (Å²) in [7, 11) is 0. The average molecular weight is 270 g/mol. The van der Waals surface area contributed by atoms with E-state index >= 15 is 0 Å². The predicted molar refractivity (Wildman–Crippen MR) is 62.8 cm³/mol. The summed E-state index contributed by atoms with van der Waals surface area (Å²) in [6, 6.07) is -0.241. The van der Waals surface area contributed by atoms with Gasteiger partial charge in [0, 0.05) is 19.1 Å². The number of carbonyl (C=O) groups is 2. The number of likely N-dealkylation sites (tertiary alicyclic amines) is 1. The zero-order chi connectivity index (χ0) is 13.8. The lowest BCUT2D eigenvalue weighted by Crippen LogP contribution is -2.43. The molecule has 9 heteroatoms. The van der Waals surface area contributed by atoms with Crippen LogP contribution in [0.25, 0.3) is 0 Å². The summed E-state index contributed by atoms with van der Waals surface area (Å²) in [5, 5.41) is 8.61. The van der Waals surface area contributed by atoms with Gasteiger partial charge in [-0.25, -0.2) is 9.37 Å². The van der Waals surface area contributed by atoms with Crippen LogP contribution in [0.2, 0.25) is 0 Å². The Morgan fingerprint density at radius 2 is 2.42 bits per heavy atom. The highest BCUT2D eigenvalue weighted by atomic mass is 19.1. The lowest BCUT2D eigenvalue weighted by molar-refractivity contribution is -0.119. The summed E-state index contributed by atoms with van der Waals surface area (Å²) in [6.07, 6.45) is 0.484. The summed E-state index contributed by atoms with van der Waals surface area (Å²) >= 11 is 0. The van der Waals surface area contributed by atoms with E-state index in [0.717, 1.165) is 0 Å². The molecule has 4 N–H and O–H groups in total. The maximum absolute atomic E-state index is 13.3. The number of aromatic amines is 1. The van der Waals surface area contributed by atoms with Crippen LogP contribution >= 0.6 is 0 Å². The first-order chi connectivity index (χ1) is 9.06. The number of nitrogens with one attached hydrogen (secondary N) is 2. The van der Waals surface area contributed by atoms with Gasteiger partial charge in [-0.1, -0.05) is 0 Å². The first kappa shape index (κ1) is 13.4. The SMILES string of the molecule is NC(=O)CN1C[C@@H](F)C[C@H]1CNC(=O)c1ncn[nH]1. The number of alkyl halides is 1. The van der Waals surface area contributed by atoms with Crippen molar-refractivity contribution in [2.45, 2.75) is 18.6 Å². The van der Waals surface area contributed by atoms with Crippen molar-refractivity contribution in [2.75, 3.05) is 19.6 Å². The number of amides is 2. The number of halogens is 1. The first-order valence-corrected chi connectivity index (χ1v) is 5.86. The van der Waals surface area contributed by atoms with E-state index in [0.29, 0.717) is 0 Å². The van der Waals surface area contributed by atoms with E-state index in [9.17, 15) is 14.0 Å². The molecule has 0 saturated carbocycles. The van der Waals surface area contributed by atoms with E-state index in [1.807, 2.05) is 0 Å². The molecule has 1 aliphatic heterocycles. The third-order valence-electron chi connectivity index (χ3n) is 2.96. The molecular formula is C10H15FN6O2. The molecule has 2 amide bonds. The highest BCUT2D eigenvalue weighted by Gasteiger charge is 2.33. The third kappa shape index (κ3) is 3.47. The number of hydrogen-bond donors (Lipinski definition) is 3. The summed E-state index contributed by atoms with van der Waals surface area (Å²) in [6.45, 7) is 0.377. The molecule has 2 rings (SSSR count). The van der Waals surface area contributed by atoms with Crippen LogP contribution in [-0.4, -0.2) is 63.7 Å². The Morgan fingerprint density at radius 1 is 1.63 bits per heavy atom. The monoisotopic (exact) mass is 270 g/mol. The first-order valence-electron chi connectivity index (χ1n) is 5.86. The number of nitrogens with zero attached hydrogens (tertiary/aromatic N) is 3. The molecular weight excluding hydrogens is 255 g/mol. The molecule has 0 bridgehead atoms. The number of rotatable bonds is 5. The summed E-state index contributed by atoms with van der Waals surface area (Å²) < 4.78 is 13.3. The Labute approximate surface area is 108 Å². The van der Waals surface area contributed by atoms with E-state index in [-0.39, 0.29) is 37.9 Å². The van der Waals surface area contributed by atoms with Gasteiger partial charge in [-0.3, -0.25) is 19.6 Å². The Kier molecular flexibility index (Phi) is 4.05. The van der Waals surface area contributed by atoms with E-state index in [1.165, 1.54) is 6.33 Å². The molecule has 1 saturated heterocycles. The van der Waals surface area contributed by atoms with Gasteiger partial charge in [0.05, 0.1) is 6.54 Å². The minimum absolute atomic E-state index is 0.0107. The highest BCUT2D eigenvalue weighted by Crippen LogP contribution is 2.19. The molecule has 2 atom stereocenters. The topological polar surface area (TPSA) is 117 Å². The van der Waals surface area contributed by atoms with Gasteiger partial charge in [-0.2, -0.15) is 5.10 Å². The van der Waals surface area contributed by atoms with Crippen molar-refractivity contribution in [3.05, 3.63) is 12.2 Å². The number of primary amides is 1. The molecule has 1 fully saturated rings. The van der Waals surface area contributed by atoms with Gasteiger partial charge in [0.15, 0.2) is 0 Å². The highest BCUT2D eigenvalue weighted by molar-refractivity contribution is 5.90. The largest absolute Gasteiger partial charge is 0.369 e. The Bertz CT molecular complexity index is 451. The van der Waals surface area contributed by atoms with Crippen LogP contribution in [0.3, 0.4) is 0 Å². The number of hydrogen-bond acceptors (Lipinski definition) is 5. The maximum atomic E-state index is 13.3. The van der Waals surface area contributed by atoms with Gasteiger partial charge in [0.1, 0.15) is 12.5 Å². The molecule has 0 aromatic carbocycles. The van der Waals surface area contributed by atoms with Crippen molar-refractivity contribution in [1.82, 2.24) is 25.4 Å². The summed E-state index contributed by atoms with van der Waals surface area (Å²) in [5.74, 6) is -0.837. The van der Waals surface area contributed by atoms with Gasteiger partial charge in [-0.05, 0) is 6.42 Å². The van der Waals surface area contributed by atoms with E-state index < -0.39 is 18.0 Å². The fraction of sp³-hybridized carbons (Fsp3) is 0.600. The van der Waals surface area contributed by atoms with Gasteiger partial charge in [0.25, 0.3) is 5.91 Å². The van der Waals surface area contributed by atoms with E-state index in [1.54, 1.807) is 4.90 Å². The van der Waals surface area contributed by atoms with E-state index in [2.05, 4.69) is 20.5 Å². The molecule has 19 heavy (non-hydrogen) atoms. The van der Waals surface area contributed by atoms with Crippen molar-refractivity contribution in [1.29, 1.82) is 0 Å². The average Bonchev–Trinajstić information content (AvgIpc) is 2.95. The number of aromatic nitrogens is 3. The van der Waals surface area contributed by atoms with Crippen molar-refractivity contribution in [2.24, 2.45) is 5.73 Å². The van der Waals surface area contributed by atoms with Crippen LogP contribution in [0.4, 0.5) is 4.39 Å². The fourth-order valence-corrected chi connectivity index (χ4v) is 2.14. The number of carbonyl (C=O) groups excluding carboxylic acids is 2. The van der Waals surface area contributed by atoms with Crippen LogP contribution < -0.4 is 11.1 Å². The molecule has 0 aliphatic carbocycles. The summed E-state index contributed by atoms with van der Waals surface area (Å²) in [5.41, 5.74) is 5.10.